The Bertz CT molecular complexity index is 1360. The van der Waals surface area contributed by atoms with E-state index < -0.39 is 0 Å². The van der Waals surface area contributed by atoms with Crippen molar-refractivity contribution < 1.29 is 19.0 Å². The molecule has 0 fully saturated rings. The smallest absolute Gasteiger partial charge is 0.200 e. The van der Waals surface area contributed by atoms with Crippen LogP contribution in [0.5, 0.6) is 17.2 Å². The van der Waals surface area contributed by atoms with Crippen molar-refractivity contribution in [1.82, 2.24) is 4.57 Å². The summed E-state index contributed by atoms with van der Waals surface area (Å²) in [6.45, 7) is 1.37. The molecule has 0 radical (unpaired) electrons. The predicted octanol–water partition coefficient (Wildman–Crippen LogP) is 4.06. The number of hydrogen-bond acceptors (Lipinski definition) is 5. The molecule has 0 atom stereocenters. The van der Waals surface area contributed by atoms with Crippen LogP contribution in [0.3, 0.4) is 0 Å². The van der Waals surface area contributed by atoms with Crippen LogP contribution in [0.1, 0.15) is 21.5 Å². The molecular weight excluding hydrogens is 406 g/mol. The molecule has 2 heterocycles. The molecule has 3 aromatic carbocycles. The highest BCUT2D eigenvalue weighted by atomic mass is 16.6. The molecule has 0 aliphatic carbocycles. The summed E-state index contributed by atoms with van der Waals surface area (Å²) in [4.78, 5) is 26.7. The van der Waals surface area contributed by atoms with Crippen LogP contribution in [0.4, 0.5) is 0 Å². The van der Waals surface area contributed by atoms with Gasteiger partial charge in [-0.3, -0.25) is 9.59 Å². The number of carbonyl (C=O) groups excluding carboxylic acids is 1. The van der Waals surface area contributed by atoms with Gasteiger partial charge >= 0.3 is 0 Å². The predicted molar refractivity (Wildman–Crippen MR) is 121 cm³/mol. The molecule has 6 heteroatoms. The summed E-state index contributed by atoms with van der Waals surface area (Å²) in [6.07, 6.45) is 1.64. The molecule has 6 nitrogen and oxygen atoms in total. The van der Waals surface area contributed by atoms with Gasteiger partial charge in [0.05, 0.1) is 23.6 Å². The molecule has 0 spiro atoms. The van der Waals surface area contributed by atoms with E-state index >= 15 is 0 Å². The van der Waals surface area contributed by atoms with Crippen LogP contribution in [0.2, 0.25) is 0 Å². The molecule has 0 bridgehead atoms. The zero-order valence-corrected chi connectivity index (χ0v) is 17.5. The molecule has 0 saturated carbocycles. The normalized spacial score (nSPS) is 12.5. The Kier molecular flexibility index (Phi) is 5.11. The first-order valence-corrected chi connectivity index (χ1v) is 10.3. The second-order valence-electron chi connectivity index (χ2n) is 7.56. The Morgan fingerprint density at radius 2 is 1.66 bits per heavy atom. The minimum absolute atomic E-state index is 0.107. The second-order valence-corrected chi connectivity index (χ2v) is 7.56. The molecular formula is C26H21NO5. The van der Waals surface area contributed by atoms with Crippen molar-refractivity contribution >= 4 is 16.7 Å². The first-order valence-electron chi connectivity index (χ1n) is 10.3. The molecule has 160 valence electrons. The lowest BCUT2D eigenvalue weighted by Crippen LogP contribution is -2.21. The van der Waals surface area contributed by atoms with Crippen molar-refractivity contribution in [1.29, 1.82) is 0 Å². The average molecular weight is 427 g/mol. The van der Waals surface area contributed by atoms with Crippen LogP contribution in [-0.2, 0) is 6.54 Å². The lowest BCUT2D eigenvalue weighted by molar-refractivity contribution is 0.103. The maximum absolute atomic E-state index is 13.4. The summed E-state index contributed by atoms with van der Waals surface area (Å²) < 4.78 is 18.5. The van der Waals surface area contributed by atoms with E-state index in [1.165, 1.54) is 0 Å². The summed E-state index contributed by atoms with van der Waals surface area (Å²) in [5.41, 5.74) is 1.94. The van der Waals surface area contributed by atoms with E-state index in [0.29, 0.717) is 53.5 Å². The molecule has 5 rings (SSSR count). The molecule has 0 amide bonds. The Morgan fingerprint density at radius 3 is 2.34 bits per heavy atom. The summed E-state index contributed by atoms with van der Waals surface area (Å²) in [7, 11) is 1.56. The highest BCUT2D eigenvalue weighted by Gasteiger charge is 2.21. The molecule has 1 aliphatic heterocycles. The Balaban J connectivity index is 1.69. The van der Waals surface area contributed by atoms with Crippen molar-refractivity contribution in [2.24, 2.45) is 0 Å². The SMILES string of the molecule is COc1ccc(C(=O)c2cn(Cc3ccccc3)c3cc4c(cc3c2=O)OCCO4)cc1. The van der Waals surface area contributed by atoms with Crippen molar-refractivity contribution in [3.8, 4) is 17.2 Å². The molecule has 0 N–H and O–H groups in total. The van der Waals surface area contributed by atoms with Crippen LogP contribution in [0.15, 0.2) is 77.7 Å². The van der Waals surface area contributed by atoms with Crippen LogP contribution in [-0.4, -0.2) is 30.7 Å². The van der Waals surface area contributed by atoms with Crippen LogP contribution >= 0.6 is 0 Å². The number of rotatable bonds is 5. The molecule has 32 heavy (non-hydrogen) atoms. The van der Waals surface area contributed by atoms with Crippen molar-refractivity contribution in [3.05, 3.63) is 99.8 Å². The summed E-state index contributed by atoms with van der Waals surface area (Å²) in [6, 6.07) is 20.1. The van der Waals surface area contributed by atoms with Gasteiger partial charge in [0.15, 0.2) is 17.3 Å². The van der Waals surface area contributed by atoms with E-state index in [1.54, 1.807) is 43.6 Å². The van der Waals surface area contributed by atoms with Gasteiger partial charge in [0, 0.05) is 24.4 Å². The number of hydrogen-bond donors (Lipinski definition) is 0. The maximum atomic E-state index is 13.4. The minimum Gasteiger partial charge on any atom is -0.497 e. The van der Waals surface area contributed by atoms with Crippen LogP contribution in [0.25, 0.3) is 10.9 Å². The van der Waals surface area contributed by atoms with Gasteiger partial charge in [-0.2, -0.15) is 0 Å². The Hall–Kier alpha value is -4.06. The van der Waals surface area contributed by atoms with E-state index in [1.807, 2.05) is 41.0 Å². The summed E-state index contributed by atoms with van der Waals surface area (Å²) in [5.74, 6) is 1.42. The third kappa shape index (κ3) is 3.60. The largest absolute Gasteiger partial charge is 0.497 e. The van der Waals surface area contributed by atoms with Gasteiger partial charge in [0.1, 0.15) is 19.0 Å². The second kappa shape index (κ2) is 8.23. The zero-order valence-electron chi connectivity index (χ0n) is 17.5. The third-order valence-corrected chi connectivity index (χ3v) is 5.54. The van der Waals surface area contributed by atoms with Gasteiger partial charge in [-0.25, -0.2) is 0 Å². The van der Waals surface area contributed by atoms with Crippen molar-refractivity contribution in [2.75, 3.05) is 20.3 Å². The fourth-order valence-electron chi connectivity index (χ4n) is 3.90. The maximum Gasteiger partial charge on any atom is 0.200 e. The van der Waals surface area contributed by atoms with E-state index in [0.717, 1.165) is 5.56 Å². The van der Waals surface area contributed by atoms with E-state index in [2.05, 4.69) is 0 Å². The van der Waals surface area contributed by atoms with Gasteiger partial charge in [0.25, 0.3) is 0 Å². The van der Waals surface area contributed by atoms with E-state index in [9.17, 15) is 9.59 Å². The highest BCUT2D eigenvalue weighted by molar-refractivity contribution is 6.10. The van der Waals surface area contributed by atoms with Gasteiger partial charge < -0.3 is 18.8 Å². The van der Waals surface area contributed by atoms with Gasteiger partial charge in [-0.15, -0.1) is 0 Å². The third-order valence-electron chi connectivity index (χ3n) is 5.54. The van der Waals surface area contributed by atoms with E-state index in [4.69, 9.17) is 14.2 Å². The fraction of sp³-hybridized carbons (Fsp3) is 0.154. The topological polar surface area (TPSA) is 66.8 Å². The number of fused-ring (bicyclic) bond motifs is 2. The van der Waals surface area contributed by atoms with Crippen LogP contribution in [0, 0.1) is 0 Å². The number of benzene rings is 3. The number of aromatic nitrogens is 1. The number of pyridine rings is 1. The summed E-state index contributed by atoms with van der Waals surface area (Å²) in [5, 5.41) is 0.421. The van der Waals surface area contributed by atoms with Gasteiger partial charge in [0.2, 0.25) is 5.43 Å². The van der Waals surface area contributed by atoms with Crippen molar-refractivity contribution in [3.63, 3.8) is 0 Å². The lowest BCUT2D eigenvalue weighted by atomic mass is 10.0. The number of nitrogens with zero attached hydrogens (tertiary/aromatic N) is 1. The number of carbonyl (C=O) groups is 1. The Morgan fingerprint density at radius 1 is 0.969 bits per heavy atom. The summed E-state index contributed by atoms with van der Waals surface area (Å²) >= 11 is 0. The average Bonchev–Trinajstić information content (AvgIpc) is 2.85. The first kappa shape index (κ1) is 19.9. The first-order chi connectivity index (χ1) is 15.6. The fourth-order valence-corrected chi connectivity index (χ4v) is 3.90. The minimum atomic E-state index is -0.337. The number of ether oxygens (including phenoxy) is 3. The quantitative estimate of drug-likeness (QED) is 0.450. The van der Waals surface area contributed by atoms with Gasteiger partial charge in [-0.1, -0.05) is 30.3 Å². The number of methoxy groups -OCH3 is 1. The molecule has 4 aromatic rings. The standard InChI is InChI=1S/C26H21NO5/c1-30-19-9-7-18(8-10-19)25(28)21-16-27(15-17-5-3-2-4-6-17)22-14-24-23(31-11-12-32-24)13-20(22)26(21)29/h2-10,13-14,16H,11-12,15H2,1H3. The zero-order chi connectivity index (χ0) is 22.1. The van der Waals surface area contributed by atoms with Gasteiger partial charge in [-0.05, 0) is 35.9 Å². The molecule has 0 saturated heterocycles. The van der Waals surface area contributed by atoms with E-state index in [-0.39, 0.29) is 16.8 Å². The molecule has 1 aliphatic rings. The monoisotopic (exact) mass is 427 g/mol. The van der Waals surface area contributed by atoms with Crippen molar-refractivity contribution in [2.45, 2.75) is 6.54 Å². The molecule has 1 aromatic heterocycles. The Labute approximate surface area is 184 Å². The highest BCUT2D eigenvalue weighted by Crippen LogP contribution is 2.34. The lowest BCUT2D eigenvalue weighted by Gasteiger charge is -2.21. The van der Waals surface area contributed by atoms with Crippen LogP contribution < -0.4 is 19.6 Å². The molecule has 0 unspecified atom stereocenters. The number of ketones is 1.